The van der Waals surface area contributed by atoms with Crippen molar-refractivity contribution in [2.75, 3.05) is 13.1 Å². The van der Waals surface area contributed by atoms with Gasteiger partial charge in [-0.3, -0.25) is 24.0 Å². The maximum atomic E-state index is 14.0. The summed E-state index contributed by atoms with van der Waals surface area (Å²) in [4.78, 5) is 44.4. The maximum Gasteiger partial charge on any atom is 0.309 e. The van der Waals surface area contributed by atoms with Crippen LogP contribution in [0.25, 0.3) is 0 Å². The molecule has 2 saturated heterocycles. The minimum atomic E-state index is -0.811. The second kappa shape index (κ2) is 10.3. The Morgan fingerprint density at radius 3 is 2.18 bits per heavy atom. The number of carbonyl (C=O) groups excluding carboxylic acids is 2. The molecule has 2 aliphatic heterocycles. The Kier molecular flexibility index (Phi) is 7.50. The highest BCUT2D eigenvalue weighted by Crippen LogP contribution is 2.51. The molecule has 3 fully saturated rings. The maximum absolute atomic E-state index is 14.0. The molecule has 0 aromatic carbocycles. The summed E-state index contributed by atoms with van der Waals surface area (Å²) >= 11 is 19.2. The number of hydrogen-bond donors (Lipinski definition) is 1. The molecule has 1 N–H and O–H groups in total. The van der Waals surface area contributed by atoms with Crippen LogP contribution in [0.3, 0.4) is 0 Å². The molecule has 0 spiro atoms. The molecule has 2 aromatic heterocycles. The molecule has 39 heavy (non-hydrogen) atoms. The number of fused-ring (bicyclic) bond motifs is 2. The third kappa shape index (κ3) is 5.31. The van der Waals surface area contributed by atoms with Crippen LogP contribution in [0.4, 0.5) is 0 Å². The molecule has 2 bridgehead atoms. The molecular weight excluding hydrogens is 567 g/mol. The number of aromatic nitrogens is 3. The van der Waals surface area contributed by atoms with Gasteiger partial charge >= 0.3 is 5.97 Å². The van der Waals surface area contributed by atoms with E-state index < -0.39 is 28.7 Å². The van der Waals surface area contributed by atoms with Gasteiger partial charge in [-0.25, -0.2) is 0 Å². The van der Waals surface area contributed by atoms with E-state index in [2.05, 4.69) is 17.0 Å². The van der Waals surface area contributed by atoms with Crippen molar-refractivity contribution in [1.82, 2.24) is 19.7 Å². The van der Waals surface area contributed by atoms with Crippen molar-refractivity contribution in [1.29, 1.82) is 0 Å². The second-order valence-electron chi connectivity index (χ2n) is 11.7. The summed E-state index contributed by atoms with van der Waals surface area (Å²) in [5.74, 6) is -1.67. The van der Waals surface area contributed by atoms with Crippen LogP contribution in [0, 0.1) is 5.41 Å². The number of pyridine rings is 1. The number of aliphatic carboxylic acids is 1. The van der Waals surface area contributed by atoms with Crippen molar-refractivity contribution < 1.29 is 24.2 Å². The Balaban J connectivity index is 1.40. The number of amides is 1. The van der Waals surface area contributed by atoms with E-state index in [0.29, 0.717) is 25.7 Å². The van der Waals surface area contributed by atoms with Gasteiger partial charge in [-0.2, -0.15) is 5.10 Å². The van der Waals surface area contributed by atoms with Gasteiger partial charge in [0, 0.05) is 12.4 Å². The number of hydrogen-bond acceptors (Lipinski definition) is 6. The molecule has 12 heteroatoms. The number of ketones is 1. The lowest BCUT2D eigenvalue weighted by Crippen LogP contribution is -2.46. The predicted octanol–water partition coefficient (Wildman–Crippen LogP) is 5.87. The van der Waals surface area contributed by atoms with Crippen LogP contribution in [-0.2, 0) is 9.53 Å². The van der Waals surface area contributed by atoms with Gasteiger partial charge in [0.25, 0.3) is 5.91 Å². The van der Waals surface area contributed by atoms with Crippen molar-refractivity contribution in [3.05, 3.63) is 44.9 Å². The lowest BCUT2D eigenvalue weighted by atomic mass is 9.74. The summed E-state index contributed by atoms with van der Waals surface area (Å²) in [6.07, 6.45) is 9.59. The van der Waals surface area contributed by atoms with E-state index in [-0.39, 0.29) is 51.1 Å². The van der Waals surface area contributed by atoms with E-state index in [1.54, 1.807) is 11.6 Å². The third-order valence-electron chi connectivity index (χ3n) is 8.80. The molecule has 1 aliphatic carbocycles. The quantitative estimate of drug-likeness (QED) is 0.378. The molecule has 9 nitrogen and oxygen atoms in total. The van der Waals surface area contributed by atoms with Crippen LogP contribution in [0.1, 0.15) is 92.0 Å². The van der Waals surface area contributed by atoms with Crippen LogP contribution in [0.2, 0.25) is 15.2 Å². The number of carbonyl (C=O) groups is 3. The van der Waals surface area contributed by atoms with Gasteiger partial charge in [-0.15, -0.1) is 0 Å². The highest BCUT2D eigenvalue weighted by Gasteiger charge is 2.54. The second-order valence-corrected chi connectivity index (χ2v) is 12.9. The van der Waals surface area contributed by atoms with E-state index in [1.807, 2.05) is 0 Å². The monoisotopic (exact) mass is 596 g/mol. The van der Waals surface area contributed by atoms with E-state index in [0.717, 1.165) is 25.7 Å². The summed E-state index contributed by atoms with van der Waals surface area (Å²) in [5.41, 5.74) is -1.25. The van der Waals surface area contributed by atoms with Crippen molar-refractivity contribution in [2.45, 2.75) is 82.5 Å². The standard InChI is InChI=1S/C27H31Cl3N4O5/c1-25(24(37)38)5-3-16(4-6-25)34-22(30)17(11-32-34)23(36)33(15-27-9-7-26(2,39-27)8-10-27)14-20(35)21-18(28)12-31-13-19(21)29/h11-13,16H,3-10,14-15H2,1-2H3,(H,37,38). The number of ether oxygens (including phenoxy) is 1. The van der Waals surface area contributed by atoms with Gasteiger partial charge in [0.1, 0.15) is 5.15 Å². The SMILES string of the molecule is CC12CCC(CN(CC(=O)c3c(Cl)cncc3Cl)C(=O)c3cnn(C4CCC(C)(C(=O)O)CC4)c3Cl)(CC1)O2. The molecule has 3 aliphatic rings. The minimum Gasteiger partial charge on any atom is -0.481 e. The van der Waals surface area contributed by atoms with E-state index in [9.17, 15) is 19.5 Å². The Bertz CT molecular complexity index is 1290. The van der Waals surface area contributed by atoms with Crippen molar-refractivity contribution >= 4 is 52.5 Å². The largest absolute Gasteiger partial charge is 0.481 e. The Hall–Kier alpha value is -2.20. The number of carboxylic acid groups (broad SMARTS) is 1. The molecule has 1 amide bonds. The summed E-state index contributed by atoms with van der Waals surface area (Å²) in [6.45, 7) is 3.78. The van der Waals surface area contributed by atoms with Gasteiger partial charge in [-0.1, -0.05) is 34.8 Å². The summed E-state index contributed by atoms with van der Waals surface area (Å²) in [5, 5.41) is 14.4. The molecule has 1 saturated carbocycles. The molecule has 4 heterocycles. The first-order chi connectivity index (χ1) is 18.4. The van der Waals surface area contributed by atoms with E-state index in [4.69, 9.17) is 39.5 Å². The van der Waals surface area contributed by atoms with Gasteiger partial charge in [0.2, 0.25) is 0 Å². The first kappa shape index (κ1) is 28.3. The summed E-state index contributed by atoms with van der Waals surface area (Å²) in [7, 11) is 0. The lowest BCUT2D eigenvalue weighted by molar-refractivity contribution is -0.150. The predicted molar refractivity (Wildman–Crippen MR) is 146 cm³/mol. The Morgan fingerprint density at radius 2 is 1.64 bits per heavy atom. The van der Waals surface area contributed by atoms with Gasteiger partial charge in [-0.05, 0) is 65.2 Å². The molecule has 0 atom stereocenters. The number of halogens is 3. The van der Waals surface area contributed by atoms with Gasteiger partial charge in [0.05, 0.1) is 63.1 Å². The first-order valence-corrected chi connectivity index (χ1v) is 14.3. The van der Waals surface area contributed by atoms with E-state index in [1.165, 1.54) is 23.5 Å². The van der Waals surface area contributed by atoms with Crippen molar-refractivity contribution in [3.63, 3.8) is 0 Å². The number of carboxylic acids is 1. The highest BCUT2D eigenvalue weighted by molar-refractivity contribution is 6.39. The average Bonchev–Trinajstić information content (AvgIpc) is 3.53. The van der Waals surface area contributed by atoms with Crippen LogP contribution in [-0.4, -0.2) is 66.7 Å². The molecule has 0 radical (unpaired) electrons. The molecule has 0 unspecified atom stereocenters. The molecular formula is C27H31Cl3N4O5. The van der Waals surface area contributed by atoms with Gasteiger partial charge in [0.15, 0.2) is 5.78 Å². The fourth-order valence-electron chi connectivity index (χ4n) is 6.24. The number of nitrogens with zero attached hydrogens (tertiary/aromatic N) is 4. The van der Waals surface area contributed by atoms with E-state index >= 15 is 0 Å². The molecule has 2 aromatic rings. The van der Waals surface area contributed by atoms with Crippen LogP contribution < -0.4 is 0 Å². The van der Waals surface area contributed by atoms with Crippen LogP contribution in [0.15, 0.2) is 18.6 Å². The number of rotatable bonds is 8. The van der Waals surface area contributed by atoms with Crippen LogP contribution in [0.5, 0.6) is 0 Å². The topological polar surface area (TPSA) is 115 Å². The molecule has 5 rings (SSSR count). The van der Waals surface area contributed by atoms with Crippen LogP contribution >= 0.6 is 34.8 Å². The first-order valence-electron chi connectivity index (χ1n) is 13.1. The Morgan fingerprint density at radius 1 is 1.03 bits per heavy atom. The summed E-state index contributed by atoms with van der Waals surface area (Å²) in [6, 6.07) is -0.122. The zero-order valence-corrected chi connectivity index (χ0v) is 24.2. The minimum absolute atomic E-state index is 0.109. The lowest BCUT2D eigenvalue weighted by Gasteiger charge is -2.34. The fourth-order valence-corrected chi connectivity index (χ4v) is 7.13. The molecule has 210 valence electrons. The highest BCUT2D eigenvalue weighted by atomic mass is 35.5. The Labute approximate surface area is 241 Å². The smallest absolute Gasteiger partial charge is 0.309 e. The summed E-state index contributed by atoms with van der Waals surface area (Å²) < 4.78 is 8.00. The van der Waals surface area contributed by atoms with Crippen molar-refractivity contribution in [2.24, 2.45) is 5.41 Å². The zero-order valence-electron chi connectivity index (χ0n) is 21.9. The average molecular weight is 598 g/mol. The normalized spacial score (nSPS) is 29.9. The third-order valence-corrected chi connectivity index (χ3v) is 9.75. The van der Waals surface area contributed by atoms with Gasteiger partial charge < -0.3 is 14.7 Å². The zero-order chi connectivity index (χ0) is 28.2. The fraction of sp³-hybridized carbons (Fsp3) is 0.593. The van der Waals surface area contributed by atoms with Crippen molar-refractivity contribution in [3.8, 4) is 0 Å². The number of Topliss-reactive ketones (excluding diaryl/α,β-unsaturated/α-hetero) is 1.